The molecule has 0 bridgehead atoms. The molecule has 0 aromatic rings. The summed E-state index contributed by atoms with van der Waals surface area (Å²) in [5, 5.41) is 0.694. The second kappa shape index (κ2) is 8.97. The standard InChI is InChI=1S/C8H16O2S3/c1-4-8(2)12-11-7-5-6-10-13(3)9/h5-6,8H,4,7H2,1-3H3/b6-5-/t8-,13+/m1/s1. The fraction of sp³-hybridized carbons (Fsp3) is 0.750. The lowest BCUT2D eigenvalue weighted by atomic mass is 10.4. The molecule has 0 aromatic carbocycles. The maximum absolute atomic E-state index is 10.5. The molecule has 0 heterocycles. The summed E-state index contributed by atoms with van der Waals surface area (Å²) in [5.41, 5.74) is 0. The smallest absolute Gasteiger partial charge is 0.202 e. The number of rotatable bonds is 7. The number of hydrogen-bond acceptors (Lipinski definition) is 4. The lowest BCUT2D eigenvalue weighted by molar-refractivity contribution is 0.510. The van der Waals surface area contributed by atoms with Crippen molar-refractivity contribution in [3.8, 4) is 0 Å². The van der Waals surface area contributed by atoms with Crippen molar-refractivity contribution in [2.24, 2.45) is 0 Å². The molecule has 0 unspecified atom stereocenters. The van der Waals surface area contributed by atoms with Gasteiger partial charge in [0, 0.05) is 17.3 Å². The summed E-state index contributed by atoms with van der Waals surface area (Å²) >= 11 is -1.18. The van der Waals surface area contributed by atoms with Gasteiger partial charge in [-0.05, 0) is 12.5 Å². The van der Waals surface area contributed by atoms with Crippen LogP contribution in [0.2, 0.25) is 0 Å². The first kappa shape index (κ1) is 13.4. The molecule has 0 N–H and O–H groups in total. The van der Waals surface area contributed by atoms with Gasteiger partial charge in [-0.3, -0.25) is 0 Å². The Balaban J connectivity index is 3.25. The van der Waals surface area contributed by atoms with Crippen LogP contribution in [0.5, 0.6) is 0 Å². The van der Waals surface area contributed by atoms with Crippen molar-refractivity contribution >= 4 is 32.7 Å². The average Bonchev–Trinajstić information content (AvgIpc) is 2.10. The van der Waals surface area contributed by atoms with Crippen molar-refractivity contribution in [3.05, 3.63) is 12.3 Å². The minimum atomic E-state index is -1.18. The van der Waals surface area contributed by atoms with Crippen molar-refractivity contribution in [2.45, 2.75) is 25.5 Å². The summed E-state index contributed by atoms with van der Waals surface area (Å²) in [6.07, 6.45) is 6.07. The Labute approximate surface area is 90.9 Å². The van der Waals surface area contributed by atoms with Crippen molar-refractivity contribution in [1.82, 2.24) is 0 Å². The van der Waals surface area contributed by atoms with Crippen LogP contribution in [0.25, 0.3) is 0 Å². The largest absolute Gasteiger partial charge is 0.409 e. The summed E-state index contributed by atoms with van der Waals surface area (Å²) in [6, 6.07) is 0. The first-order valence-corrected chi connectivity index (χ1v) is 7.97. The van der Waals surface area contributed by atoms with E-state index >= 15 is 0 Å². The molecule has 0 amide bonds. The molecular formula is C8H16O2S3. The Bertz CT molecular complexity index is 171. The Morgan fingerprint density at radius 3 is 2.85 bits per heavy atom. The van der Waals surface area contributed by atoms with E-state index in [1.807, 2.05) is 16.9 Å². The maximum Gasteiger partial charge on any atom is 0.202 e. The summed E-state index contributed by atoms with van der Waals surface area (Å²) in [5.74, 6) is 0.895. The zero-order valence-corrected chi connectivity index (χ0v) is 10.6. The highest BCUT2D eigenvalue weighted by Gasteiger charge is 1.97. The lowest BCUT2D eigenvalue weighted by Gasteiger charge is -2.04. The van der Waals surface area contributed by atoms with Crippen LogP contribution in [-0.2, 0) is 15.3 Å². The summed E-state index contributed by atoms with van der Waals surface area (Å²) in [6.45, 7) is 4.39. The van der Waals surface area contributed by atoms with Gasteiger partial charge in [0.25, 0.3) is 0 Å². The van der Waals surface area contributed by atoms with E-state index in [0.29, 0.717) is 5.25 Å². The zero-order chi connectivity index (χ0) is 10.1. The molecule has 0 aliphatic rings. The van der Waals surface area contributed by atoms with Crippen LogP contribution in [0.4, 0.5) is 0 Å². The molecule has 2 nitrogen and oxygen atoms in total. The van der Waals surface area contributed by atoms with Gasteiger partial charge in [0.05, 0.1) is 0 Å². The van der Waals surface area contributed by atoms with Crippen LogP contribution in [0.1, 0.15) is 20.3 Å². The van der Waals surface area contributed by atoms with E-state index in [0.717, 1.165) is 5.75 Å². The molecule has 0 rings (SSSR count). The monoisotopic (exact) mass is 240 g/mol. The van der Waals surface area contributed by atoms with E-state index in [2.05, 4.69) is 13.8 Å². The second-order valence-electron chi connectivity index (χ2n) is 2.47. The lowest BCUT2D eigenvalue weighted by Crippen LogP contribution is -1.88. The third-order valence-corrected chi connectivity index (χ3v) is 4.57. The quantitative estimate of drug-likeness (QED) is 0.388. The fourth-order valence-corrected chi connectivity index (χ4v) is 2.84. The Morgan fingerprint density at radius 2 is 2.31 bits per heavy atom. The van der Waals surface area contributed by atoms with E-state index in [1.165, 1.54) is 18.9 Å². The molecule has 2 atom stereocenters. The van der Waals surface area contributed by atoms with E-state index < -0.39 is 11.1 Å². The topological polar surface area (TPSA) is 26.3 Å². The molecule has 0 saturated carbocycles. The van der Waals surface area contributed by atoms with Gasteiger partial charge in [0.2, 0.25) is 11.1 Å². The van der Waals surface area contributed by atoms with E-state index in [1.54, 1.807) is 10.8 Å². The Hall–Kier alpha value is 0.390. The highest BCUT2D eigenvalue weighted by molar-refractivity contribution is 8.77. The molecule has 0 radical (unpaired) electrons. The minimum Gasteiger partial charge on any atom is -0.409 e. The Kier molecular flexibility index (Phi) is 9.23. The van der Waals surface area contributed by atoms with Crippen LogP contribution in [0.3, 0.4) is 0 Å². The first-order valence-electron chi connectivity index (χ1n) is 4.10. The van der Waals surface area contributed by atoms with E-state index in [4.69, 9.17) is 4.18 Å². The van der Waals surface area contributed by atoms with Gasteiger partial charge in [-0.1, -0.05) is 35.4 Å². The molecule has 0 aromatic heterocycles. The van der Waals surface area contributed by atoms with Crippen molar-refractivity contribution in [2.75, 3.05) is 12.0 Å². The second-order valence-corrected chi connectivity index (χ2v) is 6.31. The molecule has 78 valence electrons. The highest BCUT2D eigenvalue weighted by atomic mass is 33.1. The van der Waals surface area contributed by atoms with Crippen LogP contribution < -0.4 is 0 Å². The maximum atomic E-state index is 10.5. The van der Waals surface area contributed by atoms with Crippen LogP contribution in [0.15, 0.2) is 12.3 Å². The predicted molar refractivity (Wildman–Crippen MR) is 64.1 cm³/mol. The highest BCUT2D eigenvalue weighted by Crippen LogP contribution is 2.27. The van der Waals surface area contributed by atoms with E-state index in [-0.39, 0.29) is 0 Å². The SMILES string of the molecule is CC[C@@H](C)SSC/C=C\O[S@@](C)=O. The molecule has 13 heavy (non-hydrogen) atoms. The van der Waals surface area contributed by atoms with Gasteiger partial charge in [0.15, 0.2) is 0 Å². The summed E-state index contributed by atoms with van der Waals surface area (Å²) in [7, 11) is 3.66. The molecule has 0 spiro atoms. The molecule has 0 saturated heterocycles. The van der Waals surface area contributed by atoms with E-state index in [9.17, 15) is 4.21 Å². The first-order chi connectivity index (χ1) is 6.16. The van der Waals surface area contributed by atoms with Gasteiger partial charge in [-0.15, -0.1) is 0 Å². The zero-order valence-electron chi connectivity index (χ0n) is 8.19. The molecule has 0 aliphatic carbocycles. The Morgan fingerprint density at radius 1 is 1.62 bits per heavy atom. The molecule has 0 aliphatic heterocycles. The van der Waals surface area contributed by atoms with Crippen molar-refractivity contribution < 1.29 is 8.39 Å². The predicted octanol–water partition coefficient (Wildman–Crippen LogP) is 2.99. The average molecular weight is 240 g/mol. The van der Waals surface area contributed by atoms with Gasteiger partial charge in [-0.2, -0.15) is 0 Å². The van der Waals surface area contributed by atoms with Crippen molar-refractivity contribution in [3.63, 3.8) is 0 Å². The summed E-state index contributed by atoms with van der Waals surface area (Å²) < 4.78 is 15.2. The summed E-state index contributed by atoms with van der Waals surface area (Å²) in [4.78, 5) is 0. The molecule has 0 fully saturated rings. The van der Waals surface area contributed by atoms with Crippen LogP contribution in [-0.4, -0.2) is 21.5 Å². The molecule has 5 heteroatoms. The van der Waals surface area contributed by atoms with Gasteiger partial charge >= 0.3 is 0 Å². The van der Waals surface area contributed by atoms with Gasteiger partial charge in [0.1, 0.15) is 6.26 Å². The van der Waals surface area contributed by atoms with Crippen LogP contribution in [0, 0.1) is 0 Å². The third kappa shape index (κ3) is 10.3. The normalized spacial score (nSPS) is 15.9. The fourth-order valence-electron chi connectivity index (χ4n) is 0.420. The van der Waals surface area contributed by atoms with Gasteiger partial charge < -0.3 is 4.18 Å². The van der Waals surface area contributed by atoms with Gasteiger partial charge in [-0.25, -0.2) is 4.21 Å². The van der Waals surface area contributed by atoms with Crippen molar-refractivity contribution in [1.29, 1.82) is 0 Å². The molecular weight excluding hydrogens is 224 g/mol. The number of hydrogen-bond donors (Lipinski definition) is 0. The third-order valence-electron chi connectivity index (χ3n) is 1.26. The minimum absolute atomic E-state index is 0.694. The van der Waals surface area contributed by atoms with Crippen LogP contribution >= 0.6 is 21.6 Å².